The normalized spacial score (nSPS) is 10.3. The van der Waals surface area contributed by atoms with Crippen molar-refractivity contribution in [3.05, 3.63) is 72.4 Å². The van der Waals surface area contributed by atoms with Gasteiger partial charge in [-0.1, -0.05) is 42.5 Å². The minimum Gasteiger partial charge on any atom is -0.381 e. The van der Waals surface area contributed by atoms with Crippen LogP contribution in [0.1, 0.15) is 5.56 Å². The van der Waals surface area contributed by atoms with Crippen molar-refractivity contribution in [2.45, 2.75) is 6.54 Å². The van der Waals surface area contributed by atoms with Gasteiger partial charge in [0, 0.05) is 24.0 Å². The van der Waals surface area contributed by atoms with Crippen molar-refractivity contribution in [3.8, 4) is 11.3 Å². The fourth-order valence-electron chi connectivity index (χ4n) is 2.01. The Labute approximate surface area is 112 Å². The first-order valence-corrected chi connectivity index (χ1v) is 6.29. The summed E-state index contributed by atoms with van der Waals surface area (Å²) in [5.74, 6) is 0. The van der Waals surface area contributed by atoms with E-state index in [4.69, 9.17) is 0 Å². The molecule has 3 aromatic rings. The molecule has 0 aliphatic rings. The van der Waals surface area contributed by atoms with E-state index in [-0.39, 0.29) is 0 Å². The van der Waals surface area contributed by atoms with Crippen LogP contribution in [0.25, 0.3) is 11.3 Å². The molecule has 94 valence electrons. The summed E-state index contributed by atoms with van der Waals surface area (Å²) in [7, 11) is 0. The summed E-state index contributed by atoms with van der Waals surface area (Å²) >= 11 is 0. The van der Waals surface area contributed by atoms with Crippen molar-refractivity contribution in [1.29, 1.82) is 0 Å². The zero-order chi connectivity index (χ0) is 12.9. The van der Waals surface area contributed by atoms with Crippen LogP contribution in [0.2, 0.25) is 0 Å². The summed E-state index contributed by atoms with van der Waals surface area (Å²) in [6, 6.07) is 20.6. The molecule has 19 heavy (non-hydrogen) atoms. The SMILES string of the molecule is c1ccc(CNc2cccc(-c3ccn[nH]3)c2)cc1. The van der Waals surface area contributed by atoms with E-state index in [1.807, 2.05) is 18.2 Å². The number of rotatable bonds is 4. The minimum atomic E-state index is 0.827. The summed E-state index contributed by atoms with van der Waals surface area (Å²) in [6.07, 6.45) is 1.76. The first-order valence-electron chi connectivity index (χ1n) is 6.29. The molecule has 0 aliphatic carbocycles. The fraction of sp³-hybridized carbons (Fsp3) is 0.0625. The van der Waals surface area contributed by atoms with Crippen molar-refractivity contribution in [2.24, 2.45) is 0 Å². The maximum Gasteiger partial charge on any atom is 0.0650 e. The zero-order valence-corrected chi connectivity index (χ0v) is 10.5. The molecule has 3 rings (SSSR count). The van der Waals surface area contributed by atoms with Crippen molar-refractivity contribution in [1.82, 2.24) is 10.2 Å². The highest BCUT2D eigenvalue weighted by Crippen LogP contribution is 2.20. The number of H-pyrrole nitrogens is 1. The second kappa shape index (κ2) is 5.40. The molecule has 0 radical (unpaired) electrons. The Morgan fingerprint density at radius 1 is 0.947 bits per heavy atom. The van der Waals surface area contributed by atoms with E-state index in [0.717, 1.165) is 23.5 Å². The number of hydrogen-bond acceptors (Lipinski definition) is 2. The van der Waals surface area contributed by atoms with Crippen molar-refractivity contribution in [3.63, 3.8) is 0 Å². The highest BCUT2D eigenvalue weighted by molar-refractivity contribution is 5.64. The van der Waals surface area contributed by atoms with Gasteiger partial charge in [-0.3, -0.25) is 5.10 Å². The van der Waals surface area contributed by atoms with Crippen LogP contribution in [0.4, 0.5) is 5.69 Å². The molecule has 1 heterocycles. The van der Waals surface area contributed by atoms with Crippen LogP contribution in [0.3, 0.4) is 0 Å². The Balaban J connectivity index is 1.74. The number of nitrogens with zero attached hydrogens (tertiary/aromatic N) is 1. The van der Waals surface area contributed by atoms with Gasteiger partial charge < -0.3 is 5.32 Å². The molecule has 0 spiro atoms. The Hall–Kier alpha value is -2.55. The number of benzene rings is 2. The lowest BCUT2D eigenvalue weighted by molar-refractivity contribution is 1.09. The quantitative estimate of drug-likeness (QED) is 0.740. The predicted octanol–water partition coefficient (Wildman–Crippen LogP) is 3.69. The van der Waals surface area contributed by atoms with Gasteiger partial charge in [-0.25, -0.2) is 0 Å². The van der Waals surface area contributed by atoms with Crippen LogP contribution < -0.4 is 5.32 Å². The van der Waals surface area contributed by atoms with Gasteiger partial charge in [0.2, 0.25) is 0 Å². The molecule has 2 N–H and O–H groups in total. The standard InChI is InChI=1S/C16H15N3/c1-2-5-13(6-3-1)12-17-15-8-4-7-14(11-15)16-9-10-18-19-16/h1-11,17H,12H2,(H,18,19). The van der Waals surface area contributed by atoms with Gasteiger partial charge >= 0.3 is 0 Å². The molecule has 3 nitrogen and oxygen atoms in total. The molecular weight excluding hydrogens is 234 g/mol. The van der Waals surface area contributed by atoms with Crippen LogP contribution in [-0.4, -0.2) is 10.2 Å². The Morgan fingerprint density at radius 3 is 2.63 bits per heavy atom. The average Bonchev–Trinajstić information content (AvgIpc) is 3.01. The van der Waals surface area contributed by atoms with E-state index >= 15 is 0 Å². The predicted molar refractivity (Wildman–Crippen MR) is 77.8 cm³/mol. The smallest absolute Gasteiger partial charge is 0.0650 e. The van der Waals surface area contributed by atoms with E-state index in [0.29, 0.717) is 0 Å². The molecule has 0 amide bonds. The molecule has 2 aromatic carbocycles. The molecule has 0 atom stereocenters. The summed E-state index contributed by atoms with van der Waals surface area (Å²) in [4.78, 5) is 0. The first-order chi connectivity index (χ1) is 9.42. The van der Waals surface area contributed by atoms with E-state index in [1.165, 1.54) is 5.56 Å². The monoisotopic (exact) mass is 249 g/mol. The number of nitrogens with one attached hydrogen (secondary N) is 2. The van der Waals surface area contributed by atoms with Crippen LogP contribution in [0, 0.1) is 0 Å². The fourth-order valence-corrected chi connectivity index (χ4v) is 2.01. The van der Waals surface area contributed by atoms with Gasteiger partial charge in [-0.05, 0) is 23.8 Å². The zero-order valence-electron chi connectivity index (χ0n) is 10.5. The summed E-state index contributed by atoms with van der Waals surface area (Å²) in [5.41, 5.74) is 4.55. The van der Waals surface area contributed by atoms with Gasteiger partial charge in [-0.15, -0.1) is 0 Å². The summed E-state index contributed by atoms with van der Waals surface area (Å²) in [5, 5.41) is 10.4. The number of hydrogen-bond donors (Lipinski definition) is 2. The second-order valence-electron chi connectivity index (χ2n) is 4.39. The summed E-state index contributed by atoms with van der Waals surface area (Å²) in [6.45, 7) is 0.827. The van der Waals surface area contributed by atoms with E-state index in [9.17, 15) is 0 Å². The second-order valence-corrected chi connectivity index (χ2v) is 4.39. The molecule has 0 bridgehead atoms. The van der Waals surface area contributed by atoms with Gasteiger partial charge in [0.15, 0.2) is 0 Å². The Bertz CT molecular complexity index is 630. The van der Waals surface area contributed by atoms with E-state index in [2.05, 4.69) is 58.0 Å². The van der Waals surface area contributed by atoms with Crippen LogP contribution in [-0.2, 0) is 6.54 Å². The molecule has 0 saturated carbocycles. The summed E-state index contributed by atoms with van der Waals surface area (Å²) < 4.78 is 0. The lowest BCUT2D eigenvalue weighted by Crippen LogP contribution is -1.98. The first kappa shape index (κ1) is 11.5. The topological polar surface area (TPSA) is 40.7 Å². The third kappa shape index (κ3) is 2.83. The van der Waals surface area contributed by atoms with Crippen molar-refractivity contribution < 1.29 is 0 Å². The molecular formula is C16H15N3. The molecule has 0 aliphatic heterocycles. The maximum absolute atomic E-state index is 3.98. The molecule has 0 unspecified atom stereocenters. The van der Waals surface area contributed by atoms with Gasteiger partial charge in [0.05, 0.1) is 5.69 Å². The van der Waals surface area contributed by atoms with E-state index in [1.54, 1.807) is 6.20 Å². The highest BCUT2D eigenvalue weighted by Gasteiger charge is 2.00. The van der Waals surface area contributed by atoms with Crippen molar-refractivity contribution >= 4 is 5.69 Å². The minimum absolute atomic E-state index is 0.827. The van der Waals surface area contributed by atoms with Crippen molar-refractivity contribution in [2.75, 3.05) is 5.32 Å². The highest BCUT2D eigenvalue weighted by atomic mass is 15.1. The van der Waals surface area contributed by atoms with Gasteiger partial charge in [0.1, 0.15) is 0 Å². The molecule has 0 fully saturated rings. The van der Waals surface area contributed by atoms with Crippen LogP contribution in [0.15, 0.2) is 66.9 Å². The van der Waals surface area contributed by atoms with Gasteiger partial charge in [0.25, 0.3) is 0 Å². The lowest BCUT2D eigenvalue weighted by atomic mass is 10.1. The van der Waals surface area contributed by atoms with Crippen LogP contribution in [0.5, 0.6) is 0 Å². The largest absolute Gasteiger partial charge is 0.381 e. The third-order valence-electron chi connectivity index (χ3n) is 3.01. The number of aromatic nitrogens is 2. The Morgan fingerprint density at radius 2 is 1.84 bits per heavy atom. The number of aromatic amines is 1. The molecule has 0 saturated heterocycles. The lowest BCUT2D eigenvalue weighted by Gasteiger charge is -2.08. The molecule has 3 heteroatoms. The Kier molecular flexibility index (Phi) is 3.28. The van der Waals surface area contributed by atoms with Crippen LogP contribution >= 0.6 is 0 Å². The van der Waals surface area contributed by atoms with E-state index < -0.39 is 0 Å². The number of anilines is 1. The third-order valence-corrected chi connectivity index (χ3v) is 3.01. The maximum atomic E-state index is 3.98. The molecule has 1 aromatic heterocycles. The van der Waals surface area contributed by atoms with Gasteiger partial charge in [-0.2, -0.15) is 5.10 Å². The average molecular weight is 249 g/mol.